The number of hydrogen-bond acceptors (Lipinski definition) is 3. The molecule has 4 nitrogen and oxygen atoms in total. The largest absolute Gasteiger partial charge is 0.491 e. The zero-order valence-corrected chi connectivity index (χ0v) is 9.03. The standard InChI is InChI=1S/C11H11FN2O2/c1-3-16-10-5-4-8(6-9(10)12)14(2)11(15)7-13/h4-6H,3H2,1-2H3. The van der Waals surface area contributed by atoms with Crippen LogP contribution in [0, 0.1) is 17.1 Å². The lowest BCUT2D eigenvalue weighted by molar-refractivity contribution is -0.113. The Morgan fingerprint density at radius 1 is 1.62 bits per heavy atom. The average Bonchev–Trinajstić information content (AvgIpc) is 2.30. The molecule has 0 unspecified atom stereocenters. The molecule has 0 saturated heterocycles. The van der Waals surface area contributed by atoms with E-state index in [0.29, 0.717) is 12.3 Å². The minimum atomic E-state index is -0.747. The third-order valence-electron chi connectivity index (χ3n) is 2.00. The highest BCUT2D eigenvalue weighted by molar-refractivity contribution is 6.03. The Labute approximate surface area is 92.8 Å². The van der Waals surface area contributed by atoms with Gasteiger partial charge in [0, 0.05) is 18.8 Å². The molecule has 1 aromatic carbocycles. The maximum atomic E-state index is 13.4. The van der Waals surface area contributed by atoms with Crippen LogP contribution in [0.1, 0.15) is 6.92 Å². The normalized spacial score (nSPS) is 9.38. The molecule has 0 radical (unpaired) electrons. The molecule has 16 heavy (non-hydrogen) atoms. The Morgan fingerprint density at radius 2 is 2.31 bits per heavy atom. The lowest BCUT2D eigenvalue weighted by Crippen LogP contribution is -2.24. The average molecular weight is 222 g/mol. The highest BCUT2D eigenvalue weighted by Crippen LogP contribution is 2.23. The molecule has 0 atom stereocenters. The molecule has 84 valence electrons. The van der Waals surface area contributed by atoms with Crippen LogP contribution in [0.15, 0.2) is 18.2 Å². The molecule has 0 aliphatic heterocycles. The zero-order valence-electron chi connectivity index (χ0n) is 9.03. The Kier molecular flexibility index (Phi) is 3.84. The van der Waals surface area contributed by atoms with Gasteiger partial charge >= 0.3 is 5.91 Å². The molecule has 0 N–H and O–H groups in total. The molecule has 1 amide bonds. The van der Waals surface area contributed by atoms with Crippen LogP contribution in [0.4, 0.5) is 10.1 Å². The van der Waals surface area contributed by atoms with Crippen molar-refractivity contribution in [1.29, 1.82) is 5.26 Å². The number of anilines is 1. The van der Waals surface area contributed by atoms with Gasteiger partial charge in [-0.25, -0.2) is 4.39 Å². The number of ether oxygens (including phenoxy) is 1. The Hall–Kier alpha value is -2.09. The van der Waals surface area contributed by atoms with Gasteiger partial charge in [-0.3, -0.25) is 4.79 Å². The van der Waals surface area contributed by atoms with E-state index in [9.17, 15) is 9.18 Å². The highest BCUT2D eigenvalue weighted by Gasteiger charge is 2.12. The summed E-state index contributed by atoms with van der Waals surface area (Å²) in [5, 5.41) is 8.41. The van der Waals surface area contributed by atoms with E-state index in [-0.39, 0.29) is 5.75 Å². The predicted octanol–water partition coefficient (Wildman–Crippen LogP) is 1.71. The van der Waals surface area contributed by atoms with Gasteiger partial charge in [-0.1, -0.05) is 0 Å². The van der Waals surface area contributed by atoms with E-state index in [4.69, 9.17) is 10.00 Å². The van der Waals surface area contributed by atoms with Crippen molar-refractivity contribution in [2.75, 3.05) is 18.6 Å². The summed E-state index contributed by atoms with van der Waals surface area (Å²) in [5.74, 6) is -1.18. The van der Waals surface area contributed by atoms with E-state index < -0.39 is 11.7 Å². The molecule has 0 saturated carbocycles. The number of hydrogen-bond donors (Lipinski definition) is 0. The first kappa shape index (κ1) is 12.0. The molecule has 5 heteroatoms. The number of carbonyl (C=O) groups excluding carboxylic acids is 1. The number of benzene rings is 1. The summed E-state index contributed by atoms with van der Waals surface area (Å²) in [4.78, 5) is 12.1. The van der Waals surface area contributed by atoms with Crippen LogP contribution in [-0.2, 0) is 4.79 Å². The monoisotopic (exact) mass is 222 g/mol. The zero-order chi connectivity index (χ0) is 12.1. The highest BCUT2D eigenvalue weighted by atomic mass is 19.1. The fraction of sp³-hybridized carbons (Fsp3) is 0.273. The van der Waals surface area contributed by atoms with Crippen LogP contribution in [0.25, 0.3) is 0 Å². The second kappa shape index (κ2) is 5.12. The number of nitriles is 1. The SMILES string of the molecule is CCOc1ccc(N(C)C(=O)C#N)cc1F. The summed E-state index contributed by atoms with van der Waals surface area (Å²) < 4.78 is 18.4. The molecule has 0 bridgehead atoms. The smallest absolute Gasteiger partial charge is 0.329 e. The number of rotatable bonds is 3. The van der Waals surface area contributed by atoms with E-state index in [1.807, 2.05) is 0 Å². The number of carbonyl (C=O) groups is 1. The lowest BCUT2D eigenvalue weighted by atomic mass is 10.2. The second-order valence-corrected chi connectivity index (χ2v) is 3.02. The first-order valence-corrected chi connectivity index (χ1v) is 4.70. The van der Waals surface area contributed by atoms with Gasteiger partial charge in [-0.2, -0.15) is 5.26 Å². The van der Waals surface area contributed by atoms with Gasteiger partial charge < -0.3 is 9.64 Å². The Morgan fingerprint density at radius 3 is 2.81 bits per heavy atom. The van der Waals surface area contributed by atoms with Crippen molar-refractivity contribution >= 4 is 11.6 Å². The first-order chi connectivity index (χ1) is 7.60. The van der Waals surface area contributed by atoms with E-state index in [0.717, 1.165) is 11.0 Å². The summed E-state index contributed by atoms with van der Waals surface area (Å²) in [6, 6.07) is 5.55. The third kappa shape index (κ3) is 2.48. The van der Waals surface area contributed by atoms with Gasteiger partial charge in [-0.05, 0) is 19.1 Å². The van der Waals surface area contributed by atoms with Crippen LogP contribution >= 0.6 is 0 Å². The van der Waals surface area contributed by atoms with Gasteiger partial charge in [0.2, 0.25) is 0 Å². The topological polar surface area (TPSA) is 53.3 Å². The maximum Gasteiger partial charge on any atom is 0.329 e. The third-order valence-corrected chi connectivity index (χ3v) is 2.00. The lowest BCUT2D eigenvalue weighted by Gasteiger charge is -2.14. The van der Waals surface area contributed by atoms with Gasteiger partial charge in [0.1, 0.15) is 0 Å². The van der Waals surface area contributed by atoms with Crippen molar-refractivity contribution in [2.45, 2.75) is 6.92 Å². The summed E-state index contributed by atoms with van der Waals surface area (Å²) in [6.07, 6.45) is 0. The molecular formula is C11H11FN2O2. The van der Waals surface area contributed by atoms with Crippen molar-refractivity contribution in [3.63, 3.8) is 0 Å². The van der Waals surface area contributed by atoms with Crippen LogP contribution in [0.2, 0.25) is 0 Å². The maximum absolute atomic E-state index is 13.4. The quantitative estimate of drug-likeness (QED) is 0.731. The minimum absolute atomic E-state index is 0.129. The summed E-state index contributed by atoms with van der Waals surface area (Å²) in [6.45, 7) is 2.11. The summed E-state index contributed by atoms with van der Waals surface area (Å²) in [7, 11) is 1.40. The van der Waals surface area contributed by atoms with Gasteiger partial charge in [-0.15, -0.1) is 0 Å². The van der Waals surface area contributed by atoms with E-state index in [2.05, 4.69) is 0 Å². The summed E-state index contributed by atoms with van der Waals surface area (Å²) >= 11 is 0. The molecular weight excluding hydrogens is 211 g/mol. The van der Waals surface area contributed by atoms with Gasteiger partial charge in [0.25, 0.3) is 0 Å². The molecule has 1 aromatic rings. The minimum Gasteiger partial charge on any atom is -0.491 e. The fourth-order valence-corrected chi connectivity index (χ4v) is 1.16. The molecule has 0 aromatic heterocycles. The summed E-state index contributed by atoms with van der Waals surface area (Å²) in [5.41, 5.74) is 0.313. The molecule has 0 fully saturated rings. The first-order valence-electron chi connectivity index (χ1n) is 4.70. The van der Waals surface area contributed by atoms with E-state index in [1.54, 1.807) is 6.92 Å². The van der Waals surface area contributed by atoms with Crippen molar-refractivity contribution in [3.8, 4) is 11.8 Å². The van der Waals surface area contributed by atoms with Crippen LogP contribution in [0.5, 0.6) is 5.75 Å². The fourth-order valence-electron chi connectivity index (χ4n) is 1.16. The van der Waals surface area contributed by atoms with Crippen molar-refractivity contribution in [2.24, 2.45) is 0 Å². The molecule has 1 rings (SSSR count). The van der Waals surface area contributed by atoms with E-state index >= 15 is 0 Å². The van der Waals surface area contributed by atoms with Crippen LogP contribution < -0.4 is 9.64 Å². The molecule has 0 aliphatic rings. The molecule has 0 aliphatic carbocycles. The molecule has 0 heterocycles. The Balaban J connectivity index is 2.97. The van der Waals surface area contributed by atoms with Crippen molar-refractivity contribution in [3.05, 3.63) is 24.0 Å². The van der Waals surface area contributed by atoms with Gasteiger partial charge in [0.05, 0.1) is 6.61 Å². The second-order valence-electron chi connectivity index (χ2n) is 3.02. The van der Waals surface area contributed by atoms with Crippen molar-refractivity contribution in [1.82, 2.24) is 0 Å². The van der Waals surface area contributed by atoms with Gasteiger partial charge in [0.15, 0.2) is 17.6 Å². The number of amides is 1. The number of halogens is 1. The van der Waals surface area contributed by atoms with E-state index in [1.165, 1.54) is 25.2 Å². The van der Waals surface area contributed by atoms with Crippen molar-refractivity contribution < 1.29 is 13.9 Å². The number of nitrogens with zero attached hydrogens (tertiary/aromatic N) is 2. The van der Waals surface area contributed by atoms with Crippen LogP contribution in [-0.4, -0.2) is 19.6 Å². The van der Waals surface area contributed by atoms with Crippen LogP contribution in [0.3, 0.4) is 0 Å². The molecule has 0 spiro atoms. The predicted molar refractivity (Wildman–Crippen MR) is 56.6 cm³/mol. The Bertz CT molecular complexity index is 440.